The summed E-state index contributed by atoms with van der Waals surface area (Å²) in [5, 5.41) is 3.31. The van der Waals surface area contributed by atoms with Gasteiger partial charge in [0.1, 0.15) is 20.4 Å². The van der Waals surface area contributed by atoms with Crippen LogP contribution in [0.15, 0.2) is 38.3 Å². The summed E-state index contributed by atoms with van der Waals surface area (Å²) < 4.78 is 31.8. The monoisotopic (exact) mass is 448 g/mol. The third-order valence-corrected chi connectivity index (χ3v) is 8.20. The number of carbonyl (C=O) groups is 1. The van der Waals surface area contributed by atoms with Crippen molar-refractivity contribution in [1.82, 2.24) is 15.3 Å². The number of furan rings is 1. The molecule has 0 aliphatic heterocycles. The van der Waals surface area contributed by atoms with Gasteiger partial charge in [0.05, 0.1) is 11.4 Å². The second kappa shape index (κ2) is 7.39. The molecule has 0 radical (unpaired) electrons. The number of fused-ring (bicyclic) bond motifs is 1. The first-order chi connectivity index (χ1) is 14.4. The van der Waals surface area contributed by atoms with Crippen molar-refractivity contribution in [2.24, 2.45) is 0 Å². The summed E-state index contributed by atoms with van der Waals surface area (Å²) in [5.74, 6) is 0.639. The number of carbonyl (C=O) groups excluding carboxylic acids is 1. The highest BCUT2D eigenvalue weighted by molar-refractivity contribution is 7.93. The second-order valence-corrected chi connectivity index (χ2v) is 10.6. The van der Waals surface area contributed by atoms with E-state index >= 15 is 0 Å². The fourth-order valence-corrected chi connectivity index (χ4v) is 5.67. The quantitative estimate of drug-likeness (QED) is 0.554. The first-order valence-electron chi connectivity index (χ1n) is 10.0. The number of hydrogen-bond donors (Lipinski definition) is 2. The number of rotatable bonds is 5. The van der Waals surface area contributed by atoms with E-state index < -0.39 is 9.73 Å². The van der Waals surface area contributed by atoms with E-state index in [9.17, 15) is 9.00 Å². The van der Waals surface area contributed by atoms with Crippen molar-refractivity contribution in [3.8, 4) is 0 Å². The van der Waals surface area contributed by atoms with Gasteiger partial charge in [-0.25, -0.2) is 19.0 Å². The number of halogens is 1. The first-order valence-corrected chi connectivity index (χ1v) is 12.0. The van der Waals surface area contributed by atoms with Gasteiger partial charge in [-0.1, -0.05) is 11.6 Å². The molecule has 2 fully saturated rings. The lowest BCUT2D eigenvalue weighted by Gasteiger charge is -2.27. The lowest BCUT2D eigenvalue weighted by molar-refractivity contribution is 0.0891. The Labute approximate surface area is 178 Å². The predicted octanol–water partition coefficient (Wildman–Crippen LogP) is 4.49. The van der Waals surface area contributed by atoms with E-state index in [0.717, 1.165) is 38.5 Å². The number of oxazole rings is 1. The van der Waals surface area contributed by atoms with Crippen LogP contribution in [0.2, 0.25) is 5.15 Å². The summed E-state index contributed by atoms with van der Waals surface area (Å²) in [4.78, 5) is 21.1. The van der Waals surface area contributed by atoms with Gasteiger partial charge < -0.3 is 14.2 Å². The van der Waals surface area contributed by atoms with E-state index in [1.165, 1.54) is 12.1 Å². The summed E-state index contributed by atoms with van der Waals surface area (Å²) in [6.07, 6.45) is 6.41. The van der Waals surface area contributed by atoms with E-state index in [4.69, 9.17) is 25.2 Å². The fraction of sp³-hybridized carbons (Fsp3) is 0.450. The number of aromatic nitrogens is 2. The molecule has 158 valence electrons. The average Bonchev–Trinajstić information content (AvgIpc) is 3.32. The van der Waals surface area contributed by atoms with Crippen LogP contribution < -0.4 is 5.32 Å². The molecule has 10 heteroatoms. The van der Waals surface area contributed by atoms with Crippen molar-refractivity contribution in [2.75, 3.05) is 0 Å². The van der Waals surface area contributed by atoms with E-state index in [0.29, 0.717) is 22.1 Å². The smallest absolute Gasteiger partial charge is 0.287 e. The van der Waals surface area contributed by atoms with E-state index in [1.807, 2.05) is 0 Å². The van der Waals surface area contributed by atoms with Crippen LogP contribution in [0.25, 0.3) is 11.1 Å². The van der Waals surface area contributed by atoms with Gasteiger partial charge in [-0.05, 0) is 50.7 Å². The van der Waals surface area contributed by atoms with Crippen LogP contribution in [0, 0.1) is 4.78 Å². The fourth-order valence-electron chi connectivity index (χ4n) is 3.91. The minimum Gasteiger partial charge on any atom is -0.441 e. The summed E-state index contributed by atoms with van der Waals surface area (Å²) in [5.41, 5.74) is 1.32. The van der Waals surface area contributed by atoms with Gasteiger partial charge in [-0.3, -0.25) is 4.79 Å². The van der Waals surface area contributed by atoms with Crippen molar-refractivity contribution in [2.45, 2.75) is 60.8 Å². The highest BCUT2D eigenvalue weighted by Crippen LogP contribution is 2.36. The molecule has 0 aromatic carbocycles. The van der Waals surface area contributed by atoms with E-state index in [1.54, 1.807) is 12.3 Å². The SMILES string of the molecule is N=S(=O)(c1ccc(C(=O)NC2CCC(c3nc4cnc(Cl)cc4o3)CC2)o1)C1CC1. The molecule has 2 saturated carbocycles. The van der Waals surface area contributed by atoms with Crippen LogP contribution in [-0.2, 0) is 9.73 Å². The van der Waals surface area contributed by atoms with E-state index in [2.05, 4.69) is 15.3 Å². The number of pyridine rings is 1. The van der Waals surface area contributed by atoms with Gasteiger partial charge in [0.2, 0.25) is 0 Å². The van der Waals surface area contributed by atoms with Crippen LogP contribution in [-0.4, -0.2) is 31.4 Å². The molecule has 0 spiro atoms. The van der Waals surface area contributed by atoms with Gasteiger partial charge in [-0.2, -0.15) is 0 Å². The van der Waals surface area contributed by atoms with Crippen LogP contribution in [0.1, 0.15) is 60.9 Å². The van der Waals surface area contributed by atoms with Crippen LogP contribution >= 0.6 is 11.6 Å². The molecule has 3 aromatic heterocycles. The van der Waals surface area contributed by atoms with Crippen molar-refractivity contribution < 1.29 is 17.8 Å². The minimum atomic E-state index is -2.94. The number of nitrogens with one attached hydrogen (secondary N) is 2. The standard InChI is InChI=1S/C20H21ClN4O4S/c21-17-9-16-14(10-23-17)25-20(29-16)11-1-3-12(4-2-11)24-19(26)15-7-8-18(28-15)30(22,27)13-5-6-13/h7-13,22H,1-6H2,(H,24,26). The Hall–Kier alpha value is -2.39. The predicted molar refractivity (Wildman–Crippen MR) is 110 cm³/mol. The third kappa shape index (κ3) is 3.72. The van der Waals surface area contributed by atoms with Crippen molar-refractivity contribution in [3.05, 3.63) is 41.2 Å². The van der Waals surface area contributed by atoms with Gasteiger partial charge >= 0.3 is 0 Å². The van der Waals surface area contributed by atoms with Gasteiger partial charge in [0.25, 0.3) is 5.91 Å². The summed E-state index contributed by atoms with van der Waals surface area (Å²) in [6, 6.07) is 4.68. The molecule has 1 atom stereocenters. The van der Waals surface area contributed by atoms with Crippen LogP contribution in [0.3, 0.4) is 0 Å². The van der Waals surface area contributed by atoms with Crippen LogP contribution in [0.5, 0.6) is 0 Å². The zero-order chi connectivity index (χ0) is 20.9. The lowest BCUT2D eigenvalue weighted by atomic mass is 9.86. The van der Waals surface area contributed by atoms with Gasteiger partial charge in [-0.15, -0.1) is 0 Å². The van der Waals surface area contributed by atoms with Gasteiger partial charge in [0, 0.05) is 18.0 Å². The summed E-state index contributed by atoms with van der Waals surface area (Å²) >= 11 is 5.90. The Kier molecular flexibility index (Phi) is 4.82. The average molecular weight is 449 g/mol. The normalized spacial score (nSPS) is 23.9. The topological polar surface area (TPSA) is 122 Å². The van der Waals surface area contributed by atoms with Crippen molar-refractivity contribution in [1.29, 1.82) is 4.78 Å². The third-order valence-electron chi connectivity index (χ3n) is 5.77. The van der Waals surface area contributed by atoms with Crippen LogP contribution in [0.4, 0.5) is 0 Å². The number of nitrogens with zero attached hydrogens (tertiary/aromatic N) is 2. The maximum Gasteiger partial charge on any atom is 0.287 e. The Morgan fingerprint density at radius 2 is 1.93 bits per heavy atom. The largest absolute Gasteiger partial charge is 0.441 e. The summed E-state index contributed by atoms with van der Waals surface area (Å²) in [7, 11) is -2.94. The Morgan fingerprint density at radius 3 is 2.67 bits per heavy atom. The highest BCUT2D eigenvalue weighted by Gasteiger charge is 2.36. The molecule has 0 saturated heterocycles. The zero-order valence-corrected chi connectivity index (χ0v) is 17.7. The molecule has 2 aliphatic rings. The van der Waals surface area contributed by atoms with E-state index in [-0.39, 0.29) is 34.0 Å². The molecule has 5 rings (SSSR count). The molecule has 3 aromatic rings. The Bertz CT molecular complexity index is 1210. The maximum absolute atomic E-state index is 12.5. The summed E-state index contributed by atoms with van der Waals surface area (Å²) in [6.45, 7) is 0. The molecule has 2 aliphatic carbocycles. The lowest BCUT2D eigenvalue weighted by Crippen LogP contribution is -2.37. The van der Waals surface area contributed by atoms with Crippen molar-refractivity contribution in [3.63, 3.8) is 0 Å². The van der Waals surface area contributed by atoms with Gasteiger partial charge in [0.15, 0.2) is 22.3 Å². The zero-order valence-electron chi connectivity index (χ0n) is 16.1. The molecular weight excluding hydrogens is 428 g/mol. The molecule has 0 bridgehead atoms. The first kappa shape index (κ1) is 19.6. The second-order valence-electron chi connectivity index (χ2n) is 7.97. The number of amides is 1. The molecule has 30 heavy (non-hydrogen) atoms. The molecule has 2 N–H and O–H groups in total. The minimum absolute atomic E-state index is 0.0200. The maximum atomic E-state index is 12.5. The molecule has 8 nitrogen and oxygen atoms in total. The Balaban J connectivity index is 1.20. The number of hydrogen-bond acceptors (Lipinski definition) is 7. The Morgan fingerprint density at radius 1 is 1.17 bits per heavy atom. The van der Waals surface area contributed by atoms with Crippen molar-refractivity contribution >= 4 is 38.3 Å². The molecule has 1 unspecified atom stereocenters. The molecular formula is C20H21ClN4O4S. The molecule has 1 amide bonds. The molecule has 3 heterocycles. The highest BCUT2D eigenvalue weighted by atomic mass is 35.5.